The lowest BCUT2D eigenvalue weighted by molar-refractivity contribution is 0.631. The van der Waals surface area contributed by atoms with E-state index < -0.39 is 0 Å². The van der Waals surface area contributed by atoms with Gasteiger partial charge in [0.1, 0.15) is 11.3 Å². The van der Waals surface area contributed by atoms with Gasteiger partial charge in [0.25, 0.3) is 0 Å². The quantitative estimate of drug-likeness (QED) is 0.156. The van der Waals surface area contributed by atoms with E-state index in [0.29, 0.717) is 17.5 Å². The Balaban J connectivity index is 0.930. The number of rotatable bonds is 6. The largest absolute Gasteiger partial charge is 0.456 e. The molecule has 4 heteroatoms. The molecule has 0 aliphatic rings. The molecular weight excluding hydrogens is 815 g/mol. The van der Waals surface area contributed by atoms with E-state index in [1.165, 1.54) is 64.6 Å². The number of aromatic nitrogens is 3. The summed E-state index contributed by atoms with van der Waals surface area (Å²) in [6, 6.07) is 80.2. The lowest BCUT2D eigenvalue weighted by Gasteiger charge is -2.17. The van der Waals surface area contributed by atoms with Gasteiger partial charge < -0.3 is 4.42 Å². The van der Waals surface area contributed by atoms with Gasteiger partial charge in [-0.15, -0.1) is 0 Å². The minimum absolute atomic E-state index is 0.601. The predicted octanol–water partition coefficient (Wildman–Crippen LogP) is 17.0. The molecule has 0 saturated heterocycles. The monoisotopic (exact) mass is 851 g/mol. The summed E-state index contributed by atoms with van der Waals surface area (Å²) < 4.78 is 6.20. The molecule has 0 fully saturated rings. The third-order valence-corrected chi connectivity index (χ3v) is 13.6. The summed E-state index contributed by atoms with van der Waals surface area (Å²) in [5.74, 6) is 2.65. The average molecular weight is 852 g/mol. The van der Waals surface area contributed by atoms with E-state index in [1.54, 1.807) is 0 Å². The highest BCUT2D eigenvalue weighted by Gasteiger charge is 2.19. The predicted molar refractivity (Wildman–Crippen MR) is 278 cm³/mol. The summed E-state index contributed by atoms with van der Waals surface area (Å²) in [6.07, 6.45) is 0. The third kappa shape index (κ3) is 6.04. The lowest BCUT2D eigenvalue weighted by Crippen LogP contribution is -2.01. The van der Waals surface area contributed by atoms with Crippen LogP contribution in [0, 0.1) is 0 Å². The number of furan rings is 1. The van der Waals surface area contributed by atoms with Crippen LogP contribution in [0.3, 0.4) is 0 Å². The minimum atomic E-state index is 0.601. The molecule has 0 spiro atoms. The summed E-state index contributed by atoms with van der Waals surface area (Å²) in [4.78, 5) is 15.4. The zero-order valence-corrected chi connectivity index (χ0v) is 36.1. The van der Waals surface area contributed by atoms with Gasteiger partial charge >= 0.3 is 0 Å². The zero-order chi connectivity index (χ0) is 44.0. The molecule has 0 amide bonds. The Morgan fingerprint density at radius 3 is 1.43 bits per heavy atom. The van der Waals surface area contributed by atoms with Crippen molar-refractivity contribution in [3.63, 3.8) is 0 Å². The van der Waals surface area contributed by atoms with Crippen LogP contribution < -0.4 is 0 Å². The molecule has 67 heavy (non-hydrogen) atoms. The molecule has 0 atom stereocenters. The van der Waals surface area contributed by atoms with Crippen molar-refractivity contribution in [3.05, 3.63) is 224 Å². The van der Waals surface area contributed by atoms with Crippen molar-refractivity contribution >= 4 is 75.6 Å². The first kappa shape index (κ1) is 37.4. The summed E-state index contributed by atoms with van der Waals surface area (Å²) >= 11 is 0. The van der Waals surface area contributed by atoms with Crippen LogP contribution in [-0.4, -0.2) is 15.0 Å². The Kier molecular flexibility index (Phi) is 8.25. The first-order valence-electron chi connectivity index (χ1n) is 22.7. The van der Waals surface area contributed by atoms with Crippen LogP contribution in [0.4, 0.5) is 0 Å². The van der Waals surface area contributed by atoms with Gasteiger partial charge in [-0.1, -0.05) is 194 Å². The standard InChI is InChI=1S/C63H37N3O/c1-2-12-42(13-3-1)61-64-62(43-31-26-38(27-32-43)56-37-46-14-4-7-25-55(46)67-56)66-63(65-61)53-21-6-5-20-49(53)45-19-8-18-44(34-45)48-35-47-33-30-41-16-10-23-51-50-22-9-15-39-28-29-40-17-11-24-52(59(40)57(39)50)54(36-48)60(47)58(41)51/h1-37H. The van der Waals surface area contributed by atoms with Gasteiger partial charge in [-0.2, -0.15) is 0 Å². The van der Waals surface area contributed by atoms with E-state index in [0.717, 1.165) is 61.2 Å². The van der Waals surface area contributed by atoms with Crippen molar-refractivity contribution in [3.8, 4) is 67.7 Å². The molecule has 0 unspecified atom stereocenters. The van der Waals surface area contributed by atoms with Gasteiger partial charge in [-0.25, -0.2) is 15.0 Å². The van der Waals surface area contributed by atoms with E-state index in [4.69, 9.17) is 19.4 Å². The van der Waals surface area contributed by atoms with Crippen LogP contribution in [0.25, 0.3) is 143 Å². The molecule has 310 valence electrons. The van der Waals surface area contributed by atoms with Crippen LogP contribution in [-0.2, 0) is 0 Å². The number of hydrogen-bond acceptors (Lipinski definition) is 4. The Morgan fingerprint density at radius 2 is 0.746 bits per heavy atom. The first-order valence-corrected chi connectivity index (χ1v) is 22.7. The maximum absolute atomic E-state index is 6.20. The van der Waals surface area contributed by atoms with E-state index >= 15 is 0 Å². The molecule has 12 aromatic carbocycles. The molecule has 14 aromatic rings. The number of fused-ring (bicyclic) bond motifs is 3. The Bertz CT molecular complexity index is 4230. The fraction of sp³-hybridized carbons (Fsp3) is 0. The Hall–Kier alpha value is -8.99. The molecule has 14 rings (SSSR count). The van der Waals surface area contributed by atoms with Crippen LogP contribution in [0.15, 0.2) is 229 Å². The maximum Gasteiger partial charge on any atom is 0.164 e. The van der Waals surface area contributed by atoms with Crippen molar-refractivity contribution in [2.24, 2.45) is 0 Å². The van der Waals surface area contributed by atoms with Crippen molar-refractivity contribution in [2.45, 2.75) is 0 Å². The summed E-state index contributed by atoms with van der Waals surface area (Å²) in [5, 5.41) is 16.3. The number of benzene rings is 11. The lowest BCUT2D eigenvalue weighted by atomic mass is 9.86. The second kappa shape index (κ2) is 14.8. The fourth-order valence-corrected chi connectivity index (χ4v) is 10.5. The number of nitrogens with zero attached hydrogens (tertiary/aromatic N) is 3. The van der Waals surface area contributed by atoms with Crippen molar-refractivity contribution in [2.75, 3.05) is 0 Å². The average Bonchev–Trinajstić information content (AvgIpc) is 3.84. The van der Waals surface area contributed by atoms with Crippen LogP contribution in [0.1, 0.15) is 0 Å². The van der Waals surface area contributed by atoms with E-state index in [9.17, 15) is 0 Å². The van der Waals surface area contributed by atoms with E-state index in [2.05, 4.69) is 176 Å². The molecular formula is C63H37N3O. The highest BCUT2D eigenvalue weighted by molar-refractivity contribution is 6.37. The van der Waals surface area contributed by atoms with Crippen LogP contribution in [0.5, 0.6) is 0 Å². The minimum Gasteiger partial charge on any atom is -0.456 e. The molecule has 0 aliphatic heterocycles. The molecule has 0 N–H and O–H groups in total. The molecule has 0 saturated carbocycles. The normalized spacial score (nSPS) is 11.9. The van der Waals surface area contributed by atoms with Gasteiger partial charge in [-0.05, 0) is 117 Å². The zero-order valence-electron chi connectivity index (χ0n) is 36.1. The second-order valence-electron chi connectivity index (χ2n) is 17.5. The van der Waals surface area contributed by atoms with Crippen molar-refractivity contribution in [1.29, 1.82) is 0 Å². The highest BCUT2D eigenvalue weighted by Crippen LogP contribution is 2.45. The van der Waals surface area contributed by atoms with Gasteiger partial charge in [0.15, 0.2) is 17.5 Å². The molecule has 2 aromatic heterocycles. The summed E-state index contributed by atoms with van der Waals surface area (Å²) in [6.45, 7) is 0. The van der Waals surface area contributed by atoms with E-state index in [1.807, 2.05) is 48.5 Å². The highest BCUT2D eigenvalue weighted by atomic mass is 16.3. The summed E-state index contributed by atoms with van der Waals surface area (Å²) in [5.41, 5.74) is 9.02. The first-order chi connectivity index (χ1) is 33.2. The maximum atomic E-state index is 6.20. The van der Waals surface area contributed by atoms with Gasteiger partial charge in [-0.3, -0.25) is 0 Å². The fourth-order valence-electron chi connectivity index (χ4n) is 10.5. The number of hydrogen-bond donors (Lipinski definition) is 0. The number of para-hydroxylation sites is 1. The van der Waals surface area contributed by atoms with E-state index in [-0.39, 0.29) is 0 Å². The molecule has 0 radical (unpaired) electrons. The molecule has 2 heterocycles. The van der Waals surface area contributed by atoms with Crippen molar-refractivity contribution < 1.29 is 4.42 Å². The van der Waals surface area contributed by atoms with Crippen molar-refractivity contribution in [1.82, 2.24) is 15.0 Å². The molecule has 4 nitrogen and oxygen atoms in total. The summed E-state index contributed by atoms with van der Waals surface area (Å²) in [7, 11) is 0. The van der Waals surface area contributed by atoms with Crippen LogP contribution >= 0.6 is 0 Å². The van der Waals surface area contributed by atoms with Gasteiger partial charge in [0.05, 0.1) is 0 Å². The Morgan fingerprint density at radius 1 is 0.254 bits per heavy atom. The molecule has 0 bridgehead atoms. The molecule has 0 aliphatic carbocycles. The third-order valence-electron chi connectivity index (χ3n) is 13.6. The topological polar surface area (TPSA) is 51.8 Å². The van der Waals surface area contributed by atoms with Crippen LogP contribution in [0.2, 0.25) is 0 Å². The SMILES string of the molecule is c1ccc(-c2nc(-c3ccc(-c4cc5ccccc5o4)cc3)nc(-c3ccccc3-c3cccc(-c4cc5ccc6cccc7c8cccc9ccc%10cccc(c(c4)c5c67)c%10c98)c3)n2)cc1. The Labute approximate surface area is 385 Å². The van der Waals surface area contributed by atoms with Gasteiger partial charge in [0.2, 0.25) is 0 Å². The second-order valence-corrected chi connectivity index (χ2v) is 17.5. The smallest absolute Gasteiger partial charge is 0.164 e. The van der Waals surface area contributed by atoms with Gasteiger partial charge in [0, 0.05) is 27.6 Å².